The van der Waals surface area contributed by atoms with Gasteiger partial charge in [-0.05, 0) is 19.1 Å². The molecular weight excluding hydrogens is 180 g/mol. The van der Waals surface area contributed by atoms with Crippen LogP contribution < -0.4 is 0 Å². The number of benzene rings is 1. The third-order valence-corrected chi connectivity index (χ3v) is 1.61. The monoisotopic (exact) mass is 190 g/mol. The van der Waals surface area contributed by atoms with Crippen molar-refractivity contribution in [1.82, 2.24) is 0 Å². The number of carbonyl (C=O) groups excluding carboxylic acids is 2. The highest BCUT2D eigenvalue weighted by molar-refractivity contribution is 5.99. The van der Waals surface area contributed by atoms with Gasteiger partial charge in [-0.15, -0.1) is 0 Å². The van der Waals surface area contributed by atoms with Crippen molar-refractivity contribution in [2.75, 3.05) is 0 Å². The molecule has 0 saturated heterocycles. The van der Waals surface area contributed by atoms with Gasteiger partial charge in [-0.3, -0.25) is 0 Å². The molecule has 0 aliphatic carbocycles. The second-order valence-corrected chi connectivity index (χ2v) is 2.78. The van der Waals surface area contributed by atoms with Crippen molar-refractivity contribution in [3.63, 3.8) is 0 Å². The van der Waals surface area contributed by atoms with E-state index in [1.54, 1.807) is 18.2 Å². The van der Waals surface area contributed by atoms with Crippen LogP contribution in [-0.4, -0.2) is 11.9 Å². The summed E-state index contributed by atoms with van der Waals surface area (Å²) in [6, 6.07) is 6.82. The summed E-state index contributed by atoms with van der Waals surface area (Å²) in [6.07, 6.45) is 0.952. The maximum absolute atomic E-state index is 11.3. The lowest BCUT2D eigenvalue weighted by Gasteiger charge is -2.00. The van der Waals surface area contributed by atoms with Crippen LogP contribution in [0.5, 0.6) is 0 Å². The molecule has 1 aromatic carbocycles. The van der Waals surface area contributed by atoms with E-state index >= 15 is 0 Å². The van der Waals surface area contributed by atoms with Crippen molar-refractivity contribution in [3.8, 4) is 0 Å². The summed E-state index contributed by atoms with van der Waals surface area (Å²) in [5.41, 5.74) is 1.30. The zero-order valence-corrected chi connectivity index (χ0v) is 7.82. The van der Waals surface area contributed by atoms with Crippen LogP contribution in [0, 0.1) is 6.92 Å². The third kappa shape index (κ3) is 2.55. The number of aryl methyl sites for hydroxylation is 1. The molecule has 0 heterocycles. The second-order valence-electron chi connectivity index (χ2n) is 2.78. The molecule has 0 N–H and O–H groups in total. The minimum atomic E-state index is -0.739. The van der Waals surface area contributed by atoms with Gasteiger partial charge in [-0.1, -0.05) is 24.3 Å². The Labute approximate surface area is 82.0 Å². The van der Waals surface area contributed by atoms with Gasteiger partial charge in [-0.2, -0.15) is 0 Å². The van der Waals surface area contributed by atoms with Crippen molar-refractivity contribution in [2.45, 2.75) is 6.92 Å². The zero-order valence-electron chi connectivity index (χ0n) is 7.82. The lowest BCUT2D eigenvalue weighted by atomic mass is 10.1. The van der Waals surface area contributed by atoms with Gasteiger partial charge in [0.15, 0.2) is 0 Å². The van der Waals surface area contributed by atoms with Gasteiger partial charge in [0.05, 0.1) is 5.56 Å². The van der Waals surface area contributed by atoms with Gasteiger partial charge in [0.25, 0.3) is 0 Å². The largest absolute Gasteiger partial charge is 0.386 e. The van der Waals surface area contributed by atoms with Crippen molar-refractivity contribution in [2.24, 2.45) is 0 Å². The van der Waals surface area contributed by atoms with Gasteiger partial charge in [0.1, 0.15) is 0 Å². The fourth-order valence-electron chi connectivity index (χ4n) is 0.964. The summed E-state index contributed by atoms with van der Waals surface area (Å²) in [7, 11) is 0. The van der Waals surface area contributed by atoms with Crippen LogP contribution in [0.3, 0.4) is 0 Å². The first kappa shape index (κ1) is 10.2. The summed E-state index contributed by atoms with van der Waals surface area (Å²) in [4.78, 5) is 22.0. The van der Waals surface area contributed by atoms with Crippen molar-refractivity contribution in [1.29, 1.82) is 0 Å². The Morgan fingerprint density at radius 3 is 2.71 bits per heavy atom. The molecule has 0 unspecified atom stereocenters. The van der Waals surface area contributed by atoms with Crippen molar-refractivity contribution < 1.29 is 14.3 Å². The van der Waals surface area contributed by atoms with Gasteiger partial charge < -0.3 is 4.74 Å². The average Bonchev–Trinajstić information content (AvgIpc) is 2.17. The van der Waals surface area contributed by atoms with Crippen LogP contribution in [-0.2, 0) is 9.53 Å². The fourth-order valence-corrected chi connectivity index (χ4v) is 0.964. The van der Waals surface area contributed by atoms with Crippen molar-refractivity contribution in [3.05, 3.63) is 48.0 Å². The first-order valence-electron chi connectivity index (χ1n) is 4.08. The standard InChI is InChI=1S/C11H10O3/c1-3-10(12)14-11(13)9-6-4-5-8(2)7-9/h3-7H,1H2,2H3. The molecule has 0 saturated carbocycles. The van der Waals surface area contributed by atoms with E-state index in [0.717, 1.165) is 11.6 Å². The number of hydrogen-bond acceptors (Lipinski definition) is 3. The summed E-state index contributed by atoms with van der Waals surface area (Å²) < 4.78 is 4.44. The van der Waals surface area contributed by atoms with Crippen LogP contribution in [0.15, 0.2) is 36.9 Å². The molecule has 1 aromatic rings. The molecule has 0 spiro atoms. The smallest absolute Gasteiger partial charge is 0.346 e. The molecule has 0 amide bonds. The summed E-state index contributed by atoms with van der Waals surface area (Å²) >= 11 is 0. The normalized spacial score (nSPS) is 9.21. The lowest BCUT2D eigenvalue weighted by molar-refractivity contribution is -0.132. The zero-order chi connectivity index (χ0) is 10.6. The maximum atomic E-state index is 11.3. The molecule has 0 radical (unpaired) electrons. The number of hydrogen-bond donors (Lipinski definition) is 0. The Morgan fingerprint density at radius 1 is 1.43 bits per heavy atom. The quantitative estimate of drug-likeness (QED) is 0.406. The van der Waals surface area contributed by atoms with Gasteiger partial charge in [0.2, 0.25) is 0 Å². The van der Waals surface area contributed by atoms with Crippen LogP contribution >= 0.6 is 0 Å². The Balaban J connectivity index is 2.79. The molecule has 0 atom stereocenters. The van der Waals surface area contributed by atoms with Crippen LogP contribution in [0.2, 0.25) is 0 Å². The number of ether oxygens (including phenoxy) is 1. The number of esters is 2. The topological polar surface area (TPSA) is 43.4 Å². The van der Waals surface area contributed by atoms with Gasteiger partial charge in [0, 0.05) is 6.08 Å². The number of rotatable bonds is 2. The molecule has 3 heteroatoms. The molecule has 0 aromatic heterocycles. The van der Waals surface area contributed by atoms with Gasteiger partial charge >= 0.3 is 11.9 Å². The summed E-state index contributed by atoms with van der Waals surface area (Å²) in [6.45, 7) is 5.05. The molecule has 3 nitrogen and oxygen atoms in total. The highest BCUT2D eigenvalue weighted by Crippen LogP contribution is 2.05. The SMILES string of the molecule is C=CC(=O)OC(=O)c1cccc(C)c1. The van der Waals surface area contributed by atoms with E-state index in [9.17, 15) is 9.59 Å². The molecule has 0 fully saturated rings. The van der Waals surface area contributed by atoms with Gasteiger partial charge in [-0.25, -0.2) is 9.59 Å². The van der Waals surface area contributed by atoms with E-state index in [4.69, 9.17) is 0 Å². The minimum Gasteiger partial charge on any atom is -0.386 e. The van der Waals surface area contributed by atoms with E-state index in [1.807, 2.05) is 13.0 Å². The molecular formula is C11H10O3. The third-order valence-electron chi connectivity index (χ3n) is 1.61. The highest BCUT2D eigenvalue weighted by atomic mass is 16.6. The first-order chi connectivity index (χ1) is 6.63. The highest BCUT2D eigenvalue weighted by Gasteiger charge is 2.09. The number of carbonyl (C=O) groups is 2. The van der Waals surface area contributed by atoms with E-state index in [1.165, 1.54) is 0 Å². The van der Waals surface area contributed by atoms with E-state index < -0.39 is 11.9 Å². The molecule has 72 valence electrons. The molecule has 0 aliphatic heterocycles. The predicted molar refractivity (Wildman–Crippen MR) is 51.8 cm³/mol. The molecule has 14 heavy (non-hydrogen) atoms. The van der Waals surface area contributed by atoms with E-state index in [2.05, 4.69) is 11.3 Å². The van der Waals surface area contributed by atoms with E-state index in [-0.39, 0.29) is 0 Å². The Bertz CT molecular complexity index is 380. The second kappa shape index (κ2) is 4.37. The van der Waals surface area contributed by atoms with Crippen LogP contribution in [0.25, 0.3) is 0 Å². The van der Waals surface area contributed by atoms with Crippen molar-refractivity contribution >= 4 is 11.9 Å². The predicted octanol–water partition coefficient (Wildman–Crippen LogP) is 1.86. The van der Waals surface area contributed by atoms with Crippen LogP contribution in [0.4, 0.5) is 0 Å². The maximum Gasteiger partial charge on any atom is 0.346 e. The molecule has 1 rings (SSSR count). The summed E-state index contributed by atoms with van der Waals surface area (Å²) in [5, 5.41) is 0. The molecule has 0 aliphatic rings. The van der Waals surface area contributed by atoms with Crippen LogP contribution in [0.1, 0.15) is 15.9 Å². The summed E-state index contributed by atoms with van der Waals surface area (Å²) in [5.74, 6) is -1.39. The van der Waals surface area contributed by atoms with E-state index in [0.29, 0.717) is 5.56 Å². The minimum absolute atomic E-state index is 0.361. The Morgan fingerprint density at radius 2 is 2.14 bits per heavy atom. The molecule has 0 bridgehead atoms. The Hall–Kier alpha value is -1.90. The fraction of sp³-hybridized carbons (Fsp3) is 0.0909. The Kier molecular flexibility index (Phi) is 3.18. The first-order valence-corrected chi connectivity index (χ1v) is 4.08. The average molecular weight is 190 g/mol. The lowest BCUT2D eigenvalue weighted by Crippen LogP contribution is -2.10.